The number of aromatic nitrogens is 1. The highest BCUT2D eigenvalue weighted by molar-refractivity contribution is 7.90. The number of hydrogen-bond acceptors (Lipinski definition) is 5. The molecule has 1 N–H and O–H groups in total. The number of ether oxygens (including phenoxy) is 1. The summed E-state index contributed by atoms with van der Waals surface area (Å²) in [7, 11) is -3.16. The third-order valence-electron chi connectivity index (χ3n) is 3.91. The molecule has 1 unspecified atom stereocenters. The van der Waals surface area contributed by atoms with Crippen molar-refractivity contribution in [2.45, 2.75) is 23.8 Å². The van der Waals surface area contributed by atoms with Crippen LogP contribution in [0.2, 0.25) is 0 Å². The minimum atomic E-state index is -3.16. The van der Waals surface area contributed by atoms with Crippen molar-refractivity contribution in [3.8, 4) is 11.1 Å². The quantitative estimate of drug-likeness (QED) is 0.912. The van der Waals surface area contributed by atoms with Gasteiger partial charge in [-0.1, -0.05) is 12.1 Å². The average molecular weight is 332 g/mol. The summed E-state index contributed by atoms with van der Waals surface area (Å²) in [6.07, 6.45) is 5.49. The zero-order valence-electron chi connectivity index (χ0n) is 13.0. The molecular formula is C17H20N2O3S. The summed E-state index contributed by atoms with van der Waals surface area (Å²) in [5.74, 6) is 0.817. The summed E-state index contributed by atoms with van der Waals surface area (Å²) >= 11 is 0. The van der Waals surface area contributed by atoms with Crippen molar-refractivity contribution in [1.29, 1.82) is 0 Å². The van der Waals surface area contributed by atoms with E-state index >= 15 is 0 Å². The van der Waals surface area contributed by atoms with Gasteiger partial charge in [-0.05, 0) is 42.7 Å². The largest absolute Gasteiger partial charge is 0.376 e. The molecule has 0 spiro atoms. The van der Waals surface area contributed by atoms with Crippen LogP contribution in [-0.4, -0.2) is 38.9 Å². The highest BCUT2D eigenvalue weighted by atomic mass is 32.2. The van der Waals surface area contributed by atoms with Crippen molar-refractivity contribution >= 4 is 15.7 Å². The van der Waals surface area contributed by atoms with Crippen LogP contribution in [0.4, 0.5) is 5.82 Å². The Balaban J connectivity index is 1.66. The molecule has 3 rings (SSSR count). The second kappa shape index (κ2) is 6.68. The molecule has 0 saturated carbocycles. The number of sulfone groups is 1. The van der Waals surface area contributed by atoms with Gasteiger partial charge in [0, 0.05) is 31.2 Å². The van der Waals surface area contributed by atoms with Crippen LogP contribution in [0.3, 0.4) is 0 Å². The Labute approximate surface area is 136 Å². The van der Waals surface area contributed by atoms with E-state index in [-0.39, 0.29) is 6.10 Å². The van der Waals surface area contributed by atoms with Crippen molar-refractivity contribution in [2.75, 3.05) is 24.7 Å². The molecule has 1 aliphatic heterocycles. The summed E-state index contributed by atoms with van der Waals surface area (Å²) in [4.78, 5) is 4.73. The van der Waals surface area contributed by atoms with Crippen molar-refractivity contribution < 1.29 is 13.2 Å². The molecular weight excluding hydrogens is 312 g/mol. The van der Waals surface area contributed by atoms with Crippen LogP contribution in [0.5, 0.6) is 0 Å². The van der Waals surface area contributed by atoms with Crippen molar-refractivity contribution in [3.05, 3.63) is 42.6 Å². The van der Waals surface area contributed by atoms with Gasteiger partial charge >= 0.3 is 0 Å². The van der Waals surface area contributed by atoms with E-state index in [4.69, 9.17) is 4.74 Å². The van der Waals surface area contributed by atoms with Gasteiger partial charge in [0.15, 0.2) is 9.84 Å². The van der Waals surface area contributed by atoms with Gasteiger partial charge in [0.2, 0.25) is 0 Å². The molecule has 0 bridgehead atoms. The van der Waals surface area contributed by atoms with E-state index in [1.807, 2.05) is 12.1 Å². The SMILES string of the molecule is CS(=O)(=O)c1ccc(-c2ccc(NCC3CCCO3)nc2)cc1. The van der Waals surface area contributed by atoms with Crippen LogP contribution in [0.1, 0.15) is 12.8 Å². The lowest BCUT2D eigenvalue weighted by Gasteiger charge is -2.11. The summed E-state index contributed by atoms with van der Waals surface area (Å²) in [6, 6.07) is 10.7. The standard InChI is InChI=1S/C17H20N2O3S/c1-23(20,21)16-7-4-13(5-8-16)14-6-9-17(18-11-14)19-12-15-3-2-10-22-15/h4-9,11,15H,2-3,10,12H2,1H3,(H,18,19). The van der Waals surface area contributed by atoms with E-state index in [0.29, 0.717) is 4.90 Å². The van der Waals surface area contributed by atoms with E-state index in [2.05, 4.69) is 10.3 Å². The molecule has 1 fully saturated rings. The first kappa shape index (κ1) is 16.0. The van der Waals surface area contributed by atoms with Gasteiger partial charge in [-0.25, -0.2) is 13.4 Å². The number of nitrogens with one attached hydrogen (secondary N) is 1. The summed E-state index contributed by atoms with van der Waals surface area (Å²) in [5, 5.41) is 3.28. The van der Waals surface area contributed by atoms with E-state index in [0.717, 1.165) is 42.9 Å². The lowest BCUT2D eigenvalue weighted by molar-refractivity contribution is 0.120. The molecule has 6 heteroatoms. The number of benzene rings is 1. The van der Waals surface area contributed by atoms with E-state index in [1.54, 1.807) is 30.5 Å². The van der Waals surface area contributed by atoms with E-state index in [1.165, 1.54) is 6.26 Å². The Morgan fingerprint density at radius 3 is 2.48 bits per heavy atom. The fourth-order valence-electron chi connectivity index (χ4n) is 2.59. The fraction of sp³-hybridized carbons (Fsp3) is 0.353. The number of pyridine rings is 1. The Hall–Kier alpha value is -1.92. The number of rotatable bonds is 5. The van der Waals surface area contributed by atoms with Gasteiger partial charge in [0.1, 0.15) is 5.82 Å². The van der Waals surface area contributed by atoms with E-state index < -0.39 is 9.84 Å². The van der Waals surface area contributed by atoms with Crippen molar-refractivity contribution in [1.82, 2.24) is 4.98 Å². The van der Waals surface area contributed by atoms with Crippen LogP contribution in [0.25, 0.3) is 11.1 Å². The van der Waals surface area contributed by atoms with Gasteiger partial charge in [0.25, 0.3) is 0 Å². The van der Waals surface area contributed by atoms with Crippen LogP contribution < -0.4 is 5.32 Å². The van der Waals surface area contributed by atoms with E-state index in [9.17, 15) is 8.42 Å². The molecule has 1 aliphatic rings. The van der Waals surface area contributed by atoms with Crippen LogP contribution >= 0.6 is 0 Å². The summed E-state index contributed by atoms with van der Waals surface area (Å²) < 4.78 is 28.5. The zero-order valence-corrected chi connectivity index (χ0v) is 13.8. The minimum Gasteiger partial charge on any atom is -0.376 e. The Bertz CT molecular complexity index is 749. The molecule has 0 radical (unpaired) electrons. The highest BCUT2D eigenvalue weighted by Crippen LogP contribution is 2.22. The first-order chi connectivity index (χ1) is 11.0. The van der Waals surface area contributed by atoms with Crippen molar-refractivity contribution in [3.63, 3.8) is 0 Å². The van der Waals surface area contributed by atoms with Crippen LogP contribution in [-0.2, 0) is 14.6 Å². The Kier molecular flexibility index (Phi) is 4.63. The first-order valence-electron chi connectivity index (χ1n) is 7.64. The fourth-order valence-corrected chi connectivity index (χ4v) is 3.22. The second-order valence-electron chi connectivity index (χ2n) is 5.74. The third-order valence-corrected chi connectivity index (χ3v) is 5.04. The zero-order chi connectivity index (χ0) is 16.3. The molecule has 5 nitrogen and oxygen atoms in total. The molecule has 0 aliphatic carbocycles. The van der Waals surface area contributed by atoms with Crippen LogP contribution in [0, 0.1) is 0 Å². The summed E-state index contributed by atoms with van der Waals surface area (Å²) in [6.45, 7) is 1.62. The van der Waals surface area contributed by atoms with Gasteiger partial charge < -0.3 is 10.1 Å². The minimum absolute atomic E-state index is 0.278. The molecule has 1 aromatic carbocycles. The van der Waals surface area contributed by atoms with Gasteiger partial charge in [-0.3, -0.25) is 0 Å². The maximum atomic E-state index is 11.5. The third kappa shape index (κ3) is 4.09. The lowest BCUT2D eigenvalue weighted by atomic mass is 10.1. The number of hydrogen-bond donors (Lipinski definition) is 1. The summed E-state index contributed by atoms with van der Waals surface area (Å²) in [5.41, 5.74) is 1.89. The molecule has 122 valence electrons. The molecule has 1 aromatic heterocycles. The molecule has 2 aromatic rings. The Morgan fingerprint density at radius 1 is 1.17 bits per heavy atom. The number of anilines is 1. The molecule has 2 heterocycles. The smallest absolute Gasteiger partial charge is 0.175 e. The maximum Gasteiger partial charge on any atom is 0.175 e. The predicted octanol–water partition coefficient (Wildman–Crippen LogP) is 2.74. The maximum absolute atomic E-state index is 11.5. The predicted molar refractivity (Wildman–Crippen MR) is 90.2 cm³/mol. The molecule has 1 saturated heterocycles. The van der Waals surface area contributed by atoms with Gasteiger partial charge in [-0.2, -0.15) is 0 Å². The average Bonchev–Trinajstić information content (AvgIpc) is 3.06. The lowest BCUT2D eigenvalue weighted by Crippen LogP contribution is -2.18. The molecule has 23 heavy (non-hydrogen) atoms. The molecule has 1 atom stereocenters. The second-order valence-corrected chi connectivity index (χ2v) is 7.76. The first-order valence-corrected chi connectivity index (χ1v) is 9.53. The monoisotopic (exact) mass is 332 g/mol. The van der Waals surface area contributed by atoms with Gasteiger partial charge in [0.05, 0.1) is 11.0 Å². The van der Waals surface area contributed by atoms with Crippen molar-refractivity contribution in [2.24, 2.45) is 0 Å². The van der Waals surface area contributed by atoms with Gasteiger partial charge in [-0.15, -0.1) is 0 Å². The topological polar surface area (TPSA) is 68.3 Å². The van der Waals surface area contributed by atoms with Crippen LogP contribution in [0.15, 0.2) is 47.5 Å². The Morgan fingerprint density at radius 2 is 1.91 bits per heavy atom. The normalized spacial score (nSPS) is 18.0. The number of nitrogens with zero attached hydrogens (tertiary/aromatic N) is 1. The molecule has 0 amide bonds. The highest BCUT2D eigenvalue weighted by Gasteiger charge is 2.15.